The fourth-order valence-corrected chi connectivity index (χ4v) is 4.14. The van der Waals surface area contributed by atoms with Crippen molar-refractivity contribution in [1.82, 2.24) is 10.0 Å². The topological polar surface area (TPSA) is 76.7 Å². The number of rotatable bonds is 3. The second kappa shape index (κ2) is 7.70. The highest BCUT2D eigenvalue weighted by molar-refractivity contribution is 7.89. The van der Waals surface area contributed by atoms with Crippen LogP contribution in [0.5, 0.6) is 11.5 Å². The molecular weight excluding hydrogens is 340 g/mol. The highest BCUT2D eigenvalue weighted by Crippen LogP contribution is 2.32. The largest absolute Gasteiger partial charge is 0.490 e. The van der Waals surface area contributed by atoms with Crippen molar-refractivity contribution >= 4 is 22.4 Å². The van der Waals surface area contributed by atoms with Crippen LogP contribution < -0.4 is 19.5 Å². The van der Waals surface area contributed by atoms with E-state index in [1.807, 2.05) is 0 Å². The van der Waals surface area contributed by atoms with Gasteiger partial charge in [0.15, 0.2) is 11.5 Å². The van der Waals surface area contributed by atoms with Crippen molar-refractivity contribution in [1.29, 1.82) is 0 Å². The Bertz CT molecular complexity index is 638. The number of piperidine rings is 1. The minimum atomic E-state index is -3.54. The second-order valence-electron chi connectivity index (χ2n) is 5.86. The van der Waals surface area contributed by atoms with Crippen LogP contribution in [0.15, 0.2) is 23.1 Å². The summed E-state index contributed by atoms with van der Waals surface area (Å²) >= 11 is 0. The number of hydrogen-bond acceptors (Lipinski definition) is 5. The van der Waals surface area contributed by atoms with E-state index in [1.54, 1.807) is 18.2 Å². The van der Waals surface area contributed by atoms with Crippen LogP contribution in [0.3, 0.4) is 0 Å². The van der Waals surface area contributed by atoms with Crippen LogP contribution in [0, 0.1) is 0 Å². The average Bonchev–Trinajstić information content (AvgIpc) is 2.71. The maximum atomic E-state index is 12.6. The van der Waals surface area contributed by atoms with E-state index < -0.39 is 10.0 Å². The predicted molar refractivity (Wildman–Crippen MR) is 90.1 cm³/mol. The van der Waals surface area contributed by atoms with Gasteiger partial charge in [0.1, 0.15) is 0 Å². The van der Waals surface area contributed by atoms with Gasteiger partial charge in [-0.05, 0) is 38.4 Å². The van der Waals surface area contributed by atoms with E-state index in [1.165, 1.54) is 0 Å². The van der Waals surface area contributed by atoms with Gasteiger partial charge < -0.3 is 14.8 Å². The number of fused-ring (bicyclic) bond motifs is 1. The smallest absolute Gasteiger partial charge is 0.240 e. The highest BCUT2D eigenvalue weighted by Gasteiger charge is 2.25. The van der Waals surface area contributed by atoms with E-state index in [-0.39, 0.29) is 23.3 Å². The zero-order valence-electron chi connectivity index (χ0n) is 13.1. The lowest BCUT2D eigenvalue weighted by atomic mass is 10.0. The SMILES string of the molecule is CC1CC(NS(=O)(=O)c2ccc3c(c2)OCCCO3)CCN1.Cl. The molecule has 2 N–H and O–H groups in total. The van der Waals surface area contributed by atoms with E-state index in [9.17, 15) is 8.42 Å². The van der Waals surface area contributed by atoms with Gasteiger partial charge >= 0.3 is 0 Å². The maximum absolute atomic E-state index is 12.6. The van der Waals surface area contributed by atoms with Crippen molar-refractivity contribution in [3.05, 3.63) is 18.2 Å². The highest BCUT2D eigenvalue weighted by atomic mass is 35.5. The lowest BCUT2D eigenvalue weighted by Crippen LogP contribution is -2.46. The van der Waals surface area contributed by atoms with Crippen molar-refractivity contribution in [3.8, 4) is 11.5 Å². The molecule has 2 unspecified atom stereocenters. The zero-order chi connectivity index (χ0) is 15.6. The van der Waals surface area contributed by atoms with Gasteiger partial charge in [-0.25, -0.2) is 13.1 Å². The van der Waals surface area contributed by atoms with Crippen molar-refractivity contribution < 1.29 is 17.9 Å². The lowest BCUT2D eigenvalue weighted by molar-refractivity contribution is 0.297. The quantitative estimate of drug-likeness (QED) is 0.855. The zero-order valence-corrected chi connectivity index (χ0v) is 14.7. The molecule has 1 fully saturated rings. The minimum absolute atomic E-state index is 0. The first-order chi connectivity index (χ1) is 10.5. The Morgan fingerprint density at radius 2 is 1.96 bits per heavy atom. The fourth-order valence-electron chi connectivity index (χ4n) is 2.84. The van der Waals surface area contributed by atoms with Crippen LogP contribution >= 0.6 is 12.4 Å². The number of sulfonamides is 1. The molecule has 0 amide bonds. The molecule has 1 aromatic rings. The summed E-state index contributed by atoms with van der Waals surface area (Å²) in [5.41, 5.74) is 0. The van der Waals surface area contributed by atoms with Crippen LogP contribution in [0.4, 0.5) is 0 Å². The Kier molecular flexibility index (Phi) is 6.13. The molecule has 2 heterocycles. The summed E-state index contributed by atoms with van der Waals surface area (Å²) in [6.07, 6.45) is 2.39. The average molecular weight is 363 g/mol. The van der Waals surface area contributed by atoms with Crippen molar-refractivity contribution in [2.45, 2.75) is 43.2 Å². The summed E-state index contributed by atoms with van der Waals surface area (Å²) in [6.45, 7) is 4.02. The third-order valence-electron chi connectivity index (χ3n) is 3.97. The van der Waals surface area contributed by atoms with Gasteiger partial charge in [-0.3, -0.25) is 0 Å². The molecule has 0 radical (unpaired) electrons. The summed E-state index contributed by atoms with van der Waals surface area (Å²) in [6, 6.07) is 5.08. The number of halogens is 1. The Hall–Kier alpha value is -1.02. The van der Waals surface area contributed by atoms with E-state index >= 15 is 0 Å². The molecule has 0 aromatic heterocycles. The van der Waals surface area contributed by atoms with Gasteiger partial charge in [0.05, 0.1) is 18.1 Å². The lowest BCUT2D eigenvalue weighted by Gasteiger charge is -2.28. The molecule has 1 aromatic carbocycles. The van der Waals surface area contributed by atoms with Crippen molar-refractivity contribution in [2.24, 2.45) is 0 Å². The first kappa shape index (κ1) is 18.3. The number of nitrogens with one attached hydrogen (secondary N) is 2. The number of benzene rings is 1. The van der Waals surface area contributed by atoms with Gasteiger partial charge in [-0.1, -0.05) is 0 Å². The number of ether oxygens (including phenoxy) is 2. The molecule has 2 aliphatic heterocycles. The van der Waals surface area contributed by atoms with Crippen LogP contribution in [0.2, 0.25) is 0 Å². The van der Waals surface area contributed by atoms with Gasteiger partial charge in [0.2, 0.25) is 10.0 Å². The molecule has 0 spiro atoms. The molecule has 6 nitrogen and oxygen atoms in total. The fraction of sp³-hybridized carbons (Fsp3) is 0.600. The van der Waals surface area contributed by atoms with Gasteiger partial charge in [0.25, 0.3) is 0 Å². The molecular formula is C15H23ClN2O4S. The van der Waals surface area contributed by atoms with Gasteiger partial charge in [-0.15, -0.1) is 12.4 Å². The minimum Gasteiger partial charge on any atom is -0.490 e. The van der Waals surface area contributed by atoms with Crippen LogP contribution in [-0.2, 0) is 10.0 Å². The summed E-state index contributed by atoms with van der Waals surface area (Å²) in [5.74, 6) is 1.10. The standard InChI is InChI=1S/C15H22N2O4S.ClH/c1-11-9-12(5-6-16-11)17-22(18,19)13-3-4-14-15(10-13)21-8-2-7-20-14;/h3-4,10-12,16-17H,2,5-9H2,1H3;1H. The van der Waals surface area contributed by atoms with Crippen molar-refractivity contribution in [3.63, 3.8) is 0 Å². The third kappa shape index (κ3) is 4.50. The van der Waals surface area contributed by atoms with Crippen LogP contribution in [0.25, 0.3) is 0 Å². The van der Waals surface area contributed by atoms with E-state index in [2.05, 4.69) is 17.0 Å². The maximum Gasteiger partial charge on any atom is 0.240 e. The van der Waals surface area contributed by atoms with Gasteiger partial charge in [-0.2, -0.15) is 0 Å². The van der Waals surface area contributed by atoms with E-state index in [4.69, 9.17) is 9.47 Å². The Morgan fingerprint density at radius 1 is 1.22 bits per heavy atom. The molecule has 1 saturated heterocycles. The molecule has 2 atom stereocenters. The van der Waals surface area contributed by atoms with Crippen LogP contribution in [-0.4, -0.2) is 40.3 Å². The molecule has 0 bridgehead atoms. The second-order valence-corrected chi connectivity index (χ2v) is 7.57. The molecule has 23 heavy (non-hydrogen) atoms. The summed E-state index contributed by atoms with van der Waals surface area (Å²) in [4.78, 5) is 0.225. The summed E-state index contributed by atoms with van der Waals surface area (Å²) in [7, 11) is -3.54. The molecule has 130 valence electrons. The first-order valence-electron chi connectivity index (χ1n) is 7.70. The predicted octanol–water partition coefficient (Wildman–Crippen LogP) is 1.69. The monoisotopic (exact) mass is 362 g/mol. The Morgan fingerprint density at radius 3 is 2.70 bits per heavy atom. The van der Waals surface area contributed by atoms with E-state index in [0.29, 0.717) is 30.8 Å². The normalized spacial score (nSPS) is 24.4. The molecule has 0 aliphatic carbocycles. The molecule has 0 saturated carbocycles. The number of hydrogen-bond donors (Lipinski definition) is 2. The summed E-state index contributed by atoms with van der Waals surface area (Å²) < 4.78 is 39.0. The Balaban J connectivity index is 0.00000192. The Labute approximate surface area is 143 Å². The van der Waals surface area contributed by atoms with Crippen molar-refractivity contribution in [2.75, 3.05) is 19.8 Å². The molecule has 8 heteroatoms. The molecule has 3 rings (SSSR count). The summed E-state index contributed by atoms with van der Waals surface area (Å²) in [5, 5.41) is 3.31. The van der Waals surface area contributed by atoms with E-state index in [0.717, 1.165) is 25.8 Å². The third-order valence-corrected chi connectivity index (χ3v) is 5.49. The first-order valence-corrected chi connectivity index (χ1v) is 9.18. The van der Waals surface area contributed by atoms with Crippen LogP contribution in [0.1, 0.15) is 26.2 Å². The van der Waals surface area contributed by atoms with Gasteiger partial charge in [0, 0.05) is 24.6 Å². The molecule has 2 aliphatic rings.